The second-order valence-corrected chi connectivity index (χ2v) is 12.5. The Hall–Kier alpha value is -6.54. The molecular weight excluding hydrogens is 628 g/mol. The average Bonchev–Trinajstić information content (AvgIpc) is 3.12. The molecule has 7 rings (SSSR count). The second-order valence-electron chi connectivity index (χ2n) is 12.5. The van der Waals surface area contributed by atoms with Crippen LogP contribution in [0, 0.1) is 0 Å². The number of fused-ring (bicyclic) bond motifs is 8. The number of hydrogen-bond donors (Lipinski definition) is 6. The molecule has 6 aromatic rings. The largest absolute Gasteiger partial charge is 0.507 e. The third-order valence-corrected chi connectivity index (χ3v) is 9.05. The van der Waals surface area contributed by atoms with Crippen molar-refractivity contribution >= 4 is 23.2 Å². The van der Waals surface area contributed by atoms with Crippen molar-refractivity contribution < 1.29 is 30.0 Å². The Balaban J connectivity index is 1.34. The molecule has 0 spiro atoms. The Kier molecular flexibility index (Phi) is 8.66. The zero-order valence-electron chi connectivity index (χ0n) is 27.0. The lowest BCUT2D eigenvalue weighted by Gasteiger charge is -2.19. The van der Waals surface area contributed by atoms with E-state index < -0.39 is 0 Å². The minimum Gasteiger partial charge on any atom is -0.507 e. The van der Waals surface area contributed by atoms with Crippen molar-refractivity contribution in [2.24, 2.45) is 0 Å². The summed E-state index contributed by atoms with van der Waals surface area (Å²) in [5.41, 5.74) is 5.85. The molecule has 8 bridgehead atoms. The molecule has 0 fully saturated rings. The fourth-order valence-electron chi connectivity index (χ4n) is 6.47. The Labute approximate surface area is 289 Å². The Morgan fingerprint density at radius 1 is 0.380 bits per heavy atom. The van der Waals surface area contributed by atoms with Crippen molar-refractivity contribution in [3.63, 3.8) is 0 Å². The summed E-state index contributed by atoms with van der Waals surface area (Å²) in [7, 11) is 0. The van der Waals surface area contributed by atoms with Crippen LogP contribution in [0.3, 0.4) is 0 Å². The van der Waals surface area contributed by atoms with E-state index in [0.29, 0.717) is 67.0 Å². The van der Waals surface area contributed by atoms with Crippen LogP contribution < -0.4 is 10.6 Å². The molecule has 1 aliphatic carbocycles. The molecule has 8 nitrogen and oxygen atoms in total. The average molecular weight is 663 g/mol. The van der Waals surface area contributed by atoms with Crippen LogP contribution in [0.1, 0.15) is 65.2 Å². The van der Waals surface area contributed by atoms with E-state index in [1.54, 1.807) is 109 Å². The maximum absolute atomic E-state index is 13.1. The molecule has 2 amide bonds. The highest BCUT2D eigenvalue weighted by Crippen LogP contribution is 2.39. The van der Waals surface area contributed by atoms with Gasteiger partial charge >= 0.3 is 0 Å². The Morgan fingerprint density at radius 3 is 0.960 bits per heavy atom. The van der Waals surface area contributed by atoms with Gasteiger partial charge in [-0.2, -0.15) is 0 Å². The van der Waals surface area contributed by atoms with Gasteiger partial charge in [0.05, 0.1) is 0 Å². The lowest BCUT2D eigenvalue weighted by molar-refractivity contribution is 0.101. The molecule has 0 aliphatic heterocycles. The van der Waals surface area contributed by atoms with Crippen molar-refractivity contribution in [3.05, 3.63) is 177 Å². The standard InChI is InChI=1S/C42H34N2O6/c45-37-27-13-7-15-29(37)19-33-23-36(44-42(50)26-11-5-2-6-12-26)24-34(40(33)48)20-30-16-8-14-28(38(30)46)18-32-22-35(21-31(17-27)39(32)47)43-41(49)25-9-3-1-4-10-25/h1-16,21-24,45-48H,17-20H2,(H,43,49)(H,44,50). The maximum Gasteiger partial charge on any atom is 0.255 e. The SMILES string of the molecule is O=C(Nc1cc2c(O)c(c1)Cc1cccc(c1O)Cc1cc(NC(=O)c3ccccc3)cc(c1O)Cc1cccc(c1O)C2)c1ccccc1. The van der Waals surface area contributed by atoms with Crippen molar-refractivity contribution in [3.8, 4) is 23.0 Å². The summed E-state index contributed by atoms with van der Waals surface area (Å²) in [5, 5.41) is 52.1. The molecule has 6 N–H and O–H groups in total. The first-order valence-electron chi connectivity index (χ1n) is 16.2. The number of carbonyl (C=O) groups excluding carboxylic acids is 2. The highest BCUT2D eigenvalue weighted by atomic mass is 16.3. The van der Waals surface area contributed by atoms with Gasteiger partial charge in [0.25, 0.3) is 11.8 Å². The smallest absolute Gasteiger partial charge is 0.255 e. The van der Waals surface area contributed by atoms with E-state index in [1.165, 1.54) is 0 Å². The molecule has 0 heterocycles. The number of phenols is 4. The van der Waals surface area contributed by atoms with Gasteiger partial charge in [0.2, 0.25) is 0 Å². The topological polar surface area (TPSA) is 139 Å². The number of nitrogens with one attached hydrogen (secondary N) is 2. The fraction of sp³-hybridized carbons (Fsp3) is 0.0952. The van der Waals surface area contributed by atoms with Crippen molar-refractivity contribution in [2.45, 2.75) is 25.7 Å². The number of hydrogen-bond acceptors (Lipinski definition) is 6. The zero-order valence-corrected chi connectivity index (χ0v) is 27.0. The molecule has 0 saturated heterocycles. The number of anilines is 2. The van der Waals surface area contributed by atoms with Crippen molar-refractivity contribution in [2.75, 3.05) is 10.6 Å². The van der Waals surface area contributed by atoms with E-state index in [1.807, 2.05) is 12.1 Å². The van der Waals surface area contributed by atoms with Gasteiger partial charge in [0, 0.05) is 70.4 Å². The molecular formula is C42H34N2O6. The van der Waals surface area contributed by atoms with Crippen molar-refractivity contribution in [1.29, 1.82) is 0 Å². The van der Waals surface area contributed by atoms with Crippen LogP contribution in [-0.2, 0) is 25.7 Å². The quantitative estimate of drug-likeness (QED) is 0.107. The summed E-state index contributed by atoms with van der Waals surface area (Å²) in [6.45, 7) is 0. The lowest BCUT2D eigenvalue weighted by atomic mass is 9.91. The number of carbonyl (C=O) groups is 2. The minimum atomic E-state index is -0.315. The molecule has 6 aromatic carbocycles. The van der Waals surface area contributed by atoms with Gasteiger partial charge in [0.15, 0.2) is 0 Å². The van der Waals surface area contributed by atoms with Crippen LogP contribution in [0.25, 0.3) is 0 Å². The predicted molar refractivity (Wildman–Crippen MR) is 192 cm³/mol. The number of phenolic OH excluding ortho intramolecular Hbond substituents is 4. The molecule has 0 atom stereocenters. The monoisotopic (exact) mass is 662 g/mol. The zero-order chi connectivity index (χ0) is 34.8. The fourth-order valence-corrected chi connectivity index (χ4v) is 6.47. The first-order chi connectivity index (χ1) is 24.2. The van der Waals surface area contributed by atoms with Gasteiger partial charge < -0.3 is 31.1 Å². The third-order valence-electron chi connectivity index (χ3n) is 9.05. The van der Waals surface area contributed by atoms with Crippen LogP contribution in [0.2, 0.25) is 0 Å². The first kappa shape index (κ1) is 32.0. The van der Waals surface area contributed by atoms with Gasteiger partial charge in [-0.05, 0) is 70.8 Å². The molecule has 0 saturated carbocycles. The highest BCUT2D eigenvalue weighted by Gasteiger charge is 2.21. The Morgan fingerprint density at radius 2 is 0.660 bits per heavy atom. The van der Waals surface area contributed by atoms with Gasteiger partial charge in [-0.15, -0.1) is 0 Å². The van der Waals surface area contributed by atoms with Crippen LogP contribution in [0.4, 0.5) is 11.4 Å². The first-order valence-corrected chi connectivity index (χ1v) is 16.2. The third kappa shape index (κ3) is 6.59. The van der Waals surface area contributed by atoms with E-state index >= 15 is 0 Å². The van der Waals surface area contributed by atoms with E-state index in [9.17, 15) is 30.0 Å². The van der Waals surface area contributed by atoms with Gasteiger partial charge in [-0.1, -0.05) is 72.8 Å². The molecule has 0 unspecified atom stereocenters. The second kappa shape index (κ2) is 13.5. The number of rotatable bonds is 4. The van der Waals surface area contributed by atoms with Crippen molar-refractivity contribution in [1.82, 2.24) is 0 Å². The van der Waals surface area contributed by atoms with E-state index in [-0.39, 0.29) is 60.5 Å². The summed E-state index contributed by atoms with van der Waals surface area (Å²) in [5.74, 6) is -0.642. The van der Waals surface area contributed by atoms with E-state index in [2.05, 4.69) is 10.6 Å². The number of benzene rings is 6. The van der Waals surface area contributed by atoms with Crippen LogP contribution in [0.15, 0.2) is 121 Å². The van der Waals surface area contributed by atoms with E-state index in [4.69, 9.17) is 0 Å². The van der Waals surface area contributed by atoms with E-state index in [0.717, 1.165) is 0 Å². The van der Waals surface area contributed by atoms with Gasteiger partial charge in [-0.25, -0.2) is 0 Å². The summed E-state index contributed by atoms with van der Waals surface area (Å²) in [6, 6.07) is 35.0. The molecule has 0 aromatic heterocycles. The highest BCUT2D eigenvalue weighted by molar-refractivity contribution is 6.05. The Bertz CT molecular complexity index is 2000. The molecule has 1 aliphatic rings. The summed E-state index contributed by atoms with van der Waals surface area (Å²) >= 11 is 0. The molecule has 248 valence electrons. The molecule has 0 radical (unpaired) electrons. The number of para-hydroxylation sites is 2. The number of aromatic hydroxyl groups is 4. The van der Waals surface area contributed by atoms with Crippen LogP contribution in [-0.4, -0.2) is 32.2 Å². The summed E-state index contributed by atoms with van der Waals surface area (Å²) in [4.78, 5) is 26.2. The summed E-state index contributed by atoms with van der Waals surface area (Å²) < 4.78 is 0. The van der Waals surface area contributed by atoms with Gasteiger partial charge in [0.1, 0.15) is 23.0 Å². The molecule has 8 heteroatoms. The molecule has 50 heavy (non-hydrogen) atoms. The number of amides is 2. The maximum atomic E-state index is 13.1. The summed E-state index contributed by atoms with van der Waals surface area (Å²) in [6.07, 6.45) is 0.516. The minimum absolute atomic E-state index is 0.00167. The predicted octanol–water partition coefficient (Wildman–Crippen LogP) is 7.69. The van der Waals surface area contributed by atoms with Crippen LogP contribution >= 0.6 is 0 Å². The van der Waals surface area contributed by atoms with Gasteiger partial charge in [-0.3, -0.25) is 9.59 Å². The lowest BCUT2D eigenvalue weighted by Crippen LogP contribution is -2.12. The normalized spacial score (nSPS) is 12.2. The van der Waals surface area contributed by atoms with Crippen LogP contribution in [0.5, 0.6) is 23.0 Å².